The maximum absolute atomic E-state index is 13.4. The predicted molar refractivity (Wildman–Crippen MR) is 84.9 cm³/mol. The molecular formula is C18H23F9O3. The summed E-state index contributed by atoms with van der Waals surface area (Å²) in [6.45, 7) is 2.97. The van der Waals surface area contributed by atoms with Gasteiger partial charge in [-0.25, -0.2) is 0 Å². The normalized spacial score (nSPS) is 29.9. The second kappa shape index (κ2) is 7.44. The number of carbonyl (C=O) groups is 1. The second-order valence-electron chi connectivity index (χ2n) is 8.86. The summed E-state index contributed by atoms with van der Waals surface area (Å²) in [7, 11) is 0. The van der Waals surface area contributed by atoms with Crippen LogP contribution in [-0.4, -0.2) is 41.3 Å². The van der Waals surface area contributed by atoms with Gasteiger partial charge in [0.25, 0.3) is 5.60 Å². The summed E-state index contributed by atoms with van der Waals surface area (Å²) in [6, 6.07) is 0. The second-order valence-corrected chi connectivity index (χ2v) is 8.86. The van der Waals surface area contributed by atoms with Crippen LogP contribution in [0.15, 0.2) is 0 Å². The minimum Gasteiger partial charge on any atom is -0.461 e. The third-order valence-corrected chi connectivity index (χ3v) is 6.81. The number of rotatable bonds is 5. The highest BCUT2D eigenvalue weighted by Crippen LogP contribution is 2.56. The molecule has 5 atom stereocenters. The van der Waals surface area contributed by atoms with Crippen molar-refractivity contribution in [3.05, 3.63) is 0 Å². The van der Waals surface area contributed by atoms with Crippen LogP contribution in [0.1, 0.15) is 46.5 Å². The summed E-state index contributed by atoms with van der Waals surface area (Å²) in [5.41, 5.74) is -7.81. The van der Waals surface area contributed by atoms with Crippen LogP contribution in [0.2, 0.25) is 0 Å². The van der Waals surface area contributed by atoms with Crippen LogP contribution in [0, 0.1) is 29.1 Å². The third kappa shape index (κ3) is 4.00. The minimum absolute atomic E-state index is 0.0616. The molecule has 0 spiro atoms. The van der Waals surface area contributed by atoms with Gasteiger partial charge in [-0.1, -0.05) is 13.8 Å². The van der Waals surface area contributed by atoms with E-state index in [0.29, 0.717) is 6.92 Å². The molecule has 0 radical (unpaired) electrons. The van der Waals surface area contributed by atoms with Crippen molar-refractivity contribution >= 4 is 5.97 Å². The zero-order chi connectivity index (χ0) is 23.5. The van der Waals surface area contributed by atoms with Crippen LogP contribution >= 0.6 is 0 Å². The Morgan fingerprint density at radius 2 is 1.43 bits per heavy atom. The number of halogens is 9. The van der Waals surface area contributed by atoms with Crippen molar-refractivity contribution in [1.29, 1.82) is 0 Å². The molecule has 3 nitrogen and oxygen atoms in total. The maximum atomic E-state index is 13.4. The molecule has 2 fully saturated rings. The molecule has 0 heterocycles. The number of alkyl halides is 9. The molecule has 2 bridgehead atoms. The fraction of sp³-hybridized carbons (Fsp3) is 0.944. The lowest BCUT2D eigenvalue weighted by atomic mass is 9.77. The van der Waals surface area contributed by atoms with Gasteiger partial charge < -0.3 is 9.84 Å². The number of fused-ring (bicyclic) bond motifs is 2. The number of esters is 1. The molecule has 2 aliphatic carbocycles. The van der Waals surface area contributed by atoms with Crippen LogP contribution in [-0.2, 0) is 9.53 Å². The van der Waals surface area contributed by atoms with E-state index < -0.39 is 65.8 Å². The first kappa shape index (κ1) is 25.1. The van der Waals surface area contributed by atoms with E-state index in [4.69, 9.17) is 4.74 Å². The van der Waals surface area contributed by atoms with E-state index in [9.17, 15) is 49.4 Å². The number of hydrogen-bond acceptors (Lipinski definition) is 3. The van der Waals surface area contributed by atoms with Crippen LogP contribution in [0.5, 0.6) is 0 Å². The highest BCUT2D eigenvalue weighted by Gasteiger charge is 2.71. The molecule has 0 saturated heterocycles. The lowest BCUT2D eigenvalue weighted by molar-refractivity contribution is -0.373. The molecule has 12 heteroatoms. The molecule has 2 saturated carbocycles. The Morgan fingerprint density at radius 3 is 1.80 bits per heavy atom. The molecule has 0 aliphatic heterocycles. The Bertz CT molecular complexity index is 639. The van der Waals surface area contributed by atoms with Crippen molar-refractivity contribution in [2.24, 2.45) is 29.1 Å². The number of aliphatic hydroxyl groups is 1. The lowest BCUT2D eigenvalue weighted by Gasteiger charge is -2.39. The Labute approximate surface area is 166 Å². The summed E-state index contributed by atoms with van der Waals surface area (Å²) >= 11 is 0. The number of hydrogen-bond donors (Lipinski definition) is 1. The van der Waals surface area contributed by atoms with Crippen LogP contribution in [0.25, 0.3) is 0 Å². The van der Waals surface area contributed by atoms with Gasteiger partial charge in [0, 0.05) is 0 Å². The van der Waals surface area contributed by atoms with Gasteiger partial charge in [0.05, 0.1) is 0 Å². The van der Waals surface area contributed by atoms with Crippen molar-refractivity contribution in [2.75, 3.05) is 0 Å². The first-order chi connectivity index (χ1) is 13.3. The summed E-state index contributed by atoms with van der Waals surface area (Å²) in [6.07, 6.45) is -19.7. The molecule has 2 aliphatic rings. The van der Waals surface area contributed by atoms with Crippen molar-refractivity contribution in [1.82, 2.24) is 0 Å². The van der Waals surface area contributed by atoms with E-state index >= 15 is 0 Å². The van der Waals surface area contributed by atoms with E-state index in [-0.39, 0.29) is 25.2 Å². The molecule has 5 unspecified atom stereocenters. The standard InChI is InChI=1S/C18H23F9O3/c1-8(2)14(3,16(19,20)21)13(28)30-12-6-9-4-10(11(12)5-9)7-15(29,17(22,23)24)18(25,26)27/h8-12,29H,4-7H2,1-3H3. The monoisotopic (exact) mass is 458 g/mol. The number of carbonyl (C=O) groups excluding carboxylic acids is 1. The summed E-state index contributed by atoms with van der Waals surface area (Å²) in [4.78, 5) is 12.3. The Morgan fingerprint density at radius 1 is 0.933 bits per heavy atom. The van der Waals surface area contributed by atoms with E-state index in [2.05, 4.69) is 0 Å². The van der Waals surface area contributed by atoms with Gasteiger partial charge in [0.2, 0.25) is 0 Å². The van der Waals surface area contributed by atoms with Crippen molar-refractivity contribution in [3.63, 3.8) is 0 Å². The van der Waals surface area contributed by atoms with Crippen molar-refractivity contribution < 1.29 is 54.2 Å². The van der Waals surface area contributed by atoms with Gasteiger partial charge in [-0.05, 0) is 56.3 Å². The average Bonchev–Trinajstić information content (AvgIpc) is 3.09. The first-order valence-electron chi connectivity index (χ1n) is 9.39. The molecular weight excluding hydrogens is 435 g/mol. The number of ether oxygens (including phenoxy) is 1. The van der Waals surface area contributed by atoms with Crippen molar-refractivity contribution in [3.8, 4) is 0 Å². The van der Waals surface area contributed by atoms with Crippen LogP contribution in [0.3, 0.4) is 0 Å². The molecule has 2 rings (SSSR count). The van der Waals surface area contributed by atoms with Gasteiger partial charge in [0.15, 0.2) is 5.41 Å². The molecule has 0 aromatic rings. The highest BCUT2D eigenvalue weighted by atomic mass is 19.4. The molecule has 0 aromatic heterocycles. The van der Waals surface area contributed by atoms with Gasteiger partial charge in [-0.15, -0.1) is 0 Å². The molecule has 1 N–H and O–H groups in total. The van der Waals surface area contributed by atoms with E-state index in [1.165, 1.54) is 0 Å². The lowest BCUT2D eigenvalue weighted by Crippen LogP contribution is -2.58. The van der Waals surface area contributed by atoms with Gasteiger partial charge in [-0.2, -0.15) is 39.5 Å². The highest BCUT2D eigenvalue weighted by molar-refractivity contribution is 5.78. The SMILES string of the molecule is CC(C)C(C)(C(=O)OC1CC2CC(CC(O)(C(F)(F)F)C(F)(F)F)C1C2)C(F)(F)F. The zero-order valence-electron chi connectivity index (χ0n) is 16.4. The Kier molecular flexibility index (Phi) is 6.22. The van der Waals surface area contributed by atoms with Gasteiger partial charge >= 0.3 is 24.5 Å². The van der Waals surface area contributed by atoms with Crippen molar-refractivity contribution in [2.45, 2.75) is 76.7 Å². The largest absolute Gasteiger partial charge is 0.461 e. The summed E-state index contributed by atoms with van der Waals surface area (Å²) in [5, 5.41) is 9.44. The quantitative estimate of drug-likeness (QED) is 0.443. The van der Waals surface area contributed by atoms with E-state index in [1.54, 1.807) is 0 Å². The molecule has 0 aromatic carbocycles. The summed E-state index contributed by atoms with van der Waals surface area (Å²) < 4.78 is 123. The van der Waals surface area contributed by atoms with Crippen LogP contribution < -0.4 is 0 Å². The topological polar surface area (TPSA) is 46.5 Å². The predicted octanol–water partition coefficient (Wildman–Crippen LogP) is 5.41. The molecule has 30 heavy (non-hydrogen) atoms. The average molecular weight is 458 g/mol. The van der Waals surface area contributed by atoms with E-state index in [1.807, 2.05) is 0 Å². The smallest absolute Gasteiger partial charge is 0.426 e. The fourth-order valence-electron chi connectivity index (χ4n) is 4.51. The fourth-order valence-corrected chi connectivity index (χ4v) is 4.51. The van der Waals surface area contributed by atoms with Gasteiger partial charge in [-0.3, -0.25) is 4.79 Å². The minimum atomic E-state index is -5.98. The molecule has 176 valence electrons. The molecule has 0 amide bonds. The Hall–Kier alpha value is -1.20. The van der Waals surface area contributed by atoms with Gasteiger partial charge in [0.1, 0.15) is 6.10 Å². The summed E-state index contributed by atoms with van der Waals surface area (Å²) in [5.74, 6) is -5.49. The zero-order valence-corrected chi connectivity index (χ0v) is 16.4. The van der Waals surface area contributed by atoms with Crippen LogP contribution in [0.4, 0.5) is 39.5 Å². The Balaban J connectivity index is 2.22. The van der Waals surface area contributed by atoms with E-state index in [0.717, 1.165) is 13.8 Å². The first-order valence-corrected chi connectivity index (χ1v) is 9.39. The third-order valence-electron chi connectivity index (χ3n) is 6.81. The maximum Gasteiger partial charge on any atom is 0.426 e.